The average Bonchev–Trinajstić information content (AvgIpc) is 2.77. The summed E-state index contributed by atoms with van der Waals surface area (Å²) in [7, 11) is 5.35. The molecule has 0 atom stereocenters. The molecule has 0 spiro atoms. The van der Waals surface area contributed by atoms with Gasteiger partial charge in [0.15, 0.2) is 0 Å². The zero-order chi connectivity index (χ0) is 22.7. The van der Waals surface area contributed by atoms with E-state index in [1.165, 1.54) is 5.56 Å². The highest BCUT2D eigenvalue weighted by Crippen LogP contribution is 2.09. The first-order valence-electron chi connectivity index (χ1n) is 8.74. The van der Waals surface area contributed by atoms with E-state index in [-0.39, 0.29) is 0 Å². The van der Waals surface area contributed by atoms with Crippen LogP contribution in [-0.2, 0) is 19.2 Å². The third-order valence-electron chi connectivity index (χ3n) is 3.70. The Hall–Kier alpha value is -2.75. The zero-order valence-electron chi connectivity index (χ0n) is 17.9. The minimum absolute atomic E-state index is 0.376. The van der Waals surface area contributed by atoms with Gasteiger partial charge < -0.3 is 33.7 Å². The van der Waals surface area contributed by atoms with Crippen molar-refractivity contribution in [3.63, 3.8) is 0 Å². The molecule has 0 radical (unpaired) electrons. The summed E-state index contributed by atoms with van der Waals surface area (Å²) in [6.07, 6.45) is 0. The van der Waals surface area contributed by atoms with Crippen LogP contribution in [0.15, 0.2) is 41.5 Å². The Bertz CT molecular complexity index is 571. The van der Waals surface area contributed by atoms with Crippen molar-refractivity contribution in [3.8, 4) is 5.75 Å². The fraction of sp³-hybridized carbons (Fsp3) is 0.450. The number of piperazine rings is 1. The first-order valence-corrected chi connectivity index (χ1v) is 8.74. The number of hydrogen-bond acceptors (Lipinski definition) is 8. The van der Waals surface area contributed by atoms with Gasteiger partial charge in [0, 0.05) is 33.3 Å². The Kier molecular flexibility index (Phi) is 18.3. The lowest BCUT2D eigenvalue weighted by Crippen LogP contribution is -2.48. The Labute approximate surface area is 173 Å². The lowest BCUT2D eigenvalue weighted by Gasteiger charge is -2.32. The maximum atomic E-state index is 8.00. The summed E-state index contributed by atoms with van der Waals surface area (Å²) in [5.74, 6) is 6.13. The first kappa shape index (κ1) is 28.5. The molecule has 0 saturated carbocycles. The first-order chi connectivity index (χ1) is 14.0. The van der Waals surface area contributed by atoms with E-state index in [1.807, 2.05) is 42.7 Å². The number of likely N-dealkylation sites (N-methyl/N-ethyl adjacent to an activating group) is 1. The topological polar surface area (TPSA) is 107 Å². The molecule has 0 bridgehead atoms. The highest BCUT2D eigenvalue weighted by Gasteiger charge is 2.18. The van der Waals surface area contributed by atoms with Crippen LogP contribution in [0.5, 0.6) is 5.75 Å². The summed E-state index contributed by atoms with van der Waals surface area (Å²) in [5.41, 5.74) is 1.86. The molecule has 1 aromatic rings. The number of nitrogens with zero attached hydrogens (tertiary/aromatic N) is 3. The van der Waals surface area contributed by atoms with Crippen molar-refractivity contribution < 1.29 is 23.9 Å². The highest BCUT2D eigenvalue weighted by atomic mass is 16.6. The molecule has 164 valence electrons. The summed E-state index contributed by atoms with van der Waals surface area (Å²) < 4.78 is 9.89. The van der Waals surface area contributed by atoms with Crippen LogP contribution in [0.25, 0.3) is 0 Å². The van der Waals surface area contributed by atoms with Crippen LogP contribution in [0.1, 0.15) is 5.56 Å². The molecule has 1 fully saturated rings. The van der Waals surface area contributed by atoms with Crippen LogP contribution in [0.3, 0.4) is 0 Å². The van der Waals surface area contributed by atoms with Crippen molar-refractivity contribution in [1.29, 1.82) is 0 Å². The average molecular weight is 411 g/mol. The minimum Gasteiger partial charge on any atom is -0.497 e. The third-order valence-corrected chi connectivity index (χ3v) is 3.70. The summed E-state index contributed by atoms with van der Waals surface area (Å²) in [6.45, 7) is 13.8. The highest BCUT2D eigenvalue weighted by molar-refractivity contribution is 5.74. The van der Waals surface area contributed by atoms with Crippen molar-refractivity contribution >= 4 is 19.6 Å². The molecule has 0 aliphatic carbocycles. The van der Waals surface area contributed by atoms with Gasteiger partial charge in [0.1, 0.15) is 19.3 Å². The van der Waals surface area contributed by atoms with E-state index < -0.39 is 0 Å². The van der Waals surface area contributed by atoms with Crippen LogP contribution in [0.2, 0.25) is 0 Å². The normalized spacial score (nSPS) is 13.4. The molecule has 9 nitrogen and oxygen atoms in total. The number of rotatable bonds is 4. The van der Waals surface area contributed by atoms with Crippen molar-refractivity contribution in [1.82, 2.24) is 9.80 Å². The molecule has 1 aromatic carbocycles. The number of methoxy groups -OCH3 is 2. The van der Waals surface area contributed by atoms with Gasteiger partial charge in [-0.15, -0.1) is 0 Å². The van der Waals surface area contributed by atoms with Crippen LogP contribution in [0.4, 0.5) is 0 Å². The summed E-state index contributed by atoms with van der Waals surface area (Å²) in [6, 6.07) is 8.37. The van der Waals surface area contributed by atoms with Crippen molar-refractivity contribution in [2.24, 2.45) is 10.9 Å². The second-order valence-electron chi connectivity index (χ2n) is 5.82. The predicted molar refractivity (Wildman–Crippen MR) is 115 cm³/mol. The monoisotopic (exact) mass is 410 g/mol. The second kappa shape index (κ2) is 18.6. The number of aliphatic imine (C=N–C) groups is 1. The van der Waals surface area contributed by atoms with Gasteiger partial charge >= 0.3 is 6.02 Å². The summed E-state index contributed by atoms with van der Waals surface area (Å²) in [5, 5.41) is 0. The Morgan fingerprint density at radius 1 is 1.07 bits per heavy atom. The molecule has 2 N–H and O–H groups in total. The summed E-state index contributed by atoms with van der Waals surface area (Å²) in [4.78, 5) is 29.2. The molecule has 0 unspecified atom stereocenters. The van der Waals surface area contributed by atoms with Gasteiger partial charge in [0.2, 0.25) is 0 Å². The molecule has 1 aliphatic heterocycles. The minimum atomic E-state index is 0.376. The number of benzene rings is 1. The van der Waals surface area contributed by atoms with Gasteiger partial charge in [-0.25, -0.2) is 0 Å². The van der Waals surface area contributed by atoms with Crippen molar-refractivity contribution in [2.75, 3.05) is 54.1 Å². The van der Waals surface area contributed by atoms with Gasteiger partial charge in [0.25, 0.3) is 0 Å². The molecular weight excluding hydrogens is 376 g/mol. The molecule has 0 amide bonds. The molecule has 1 heterocycles. The number of carbonyl (C=O) groups excluding carboxylic acids is 2. The standard InChI is InChI=1S/C10H20N4O2.C8H10O.2CH2O/c1-9(8-15-3)12-10(16-11)14-6-4-13(2)5-7-14;1-7-3-5-8(9-2)6-4-7;2*1-2/h1,4-8,11H2,2-3H3;3-6H,1-2H3;2*1H2. The fourth-order valence-electron chi connectivity index (χ4n) is 2.18. The molecule has 0 aromatic heterocycles. The van der Waals surface area contributed by atoms with Crippen LogP contribution >= 0.6 is 0 Å². The fourth-order valence-corrected chi connectivity index (χ4v) is 2.18. The smallest absolute Gasteiger partial charge is 0.312 e. The Balaban J connectivity index is 0. The number of hydrogen-bond donors (Lipinski definition) is 1. The quantitative estimate of drug-likeness (QED) is 0.449. The lowest BCUT2D eigenvalue weighted by atomic mass is 10.2. The van der Waals surface area contributed by atoms with E-state index in [1.54, 1.807) is 14.2 Å². The lowest BCUT2D eigenvalue weighted by molar-refractivity contribution is -0.0987. The molecule has 1 saturated heterocycles. The molecule has 9 heteroatoms. The summed E-state index contributed by atoms with van der Waals surface area (Å²) >= 11 is 0. The van der Waals surface area contributed by atoms with Gasteiger partial charge in [-0.2, -0.15) is 10.9 Å². The van der Waals surface area contributed by atoms with Crippen molar-refractivity contribution in [2.45, 2.75) is 6.92 Å². The van der Waals surface area contributed by atoms with Crippen molar-refractivity contribution in [3.05, 3.63) is 42.1 Å². The van der Waals surface area contributed by atoms with Crippen LogP contribution < -0.4 is 10.6 Å². The maximum Gasteiger partial charge on any atom is 0.312 e. The number of aryl methyl sites for hydroxylation is 1. The van der Waals surface area contributed by atoms with Crippen LogP contribution in [0, 0.1) is 6.92 Å². The van der Waals surface area contributed by atoms with Gasteiger partial charge in [-0.05, 0) is 26.1 Å². The van der Waals surface area contributed by atoms with E-state index in [0.717, 1.165) is 31.9 Å². The van der Waals surface area contributed by atoms with E-state index in [2.05, 4.69) is 30.4 Å². The molecule has 2 rings (SSSR count). The van der Waals surface area contributed by atoms with Crippen LogP contribution in [-0.4, -0.2) is 83.5 Å². The molecule has 29 heavy (non-hydrogen) atoms. The SMILES string of the molecule is C=C(COC)N=C(ON)N1CCN(C)CC1.C=O.C=O.COc1ccc(C)cc1. The maximum absolute atomic E-state index is 8.00. The van der Waals surface area contributed by atoms with Gasteiger partial charge in [-0.3, -0.25) is 0 Å². The van der Waals surface area contributed by atoms with E-state index in [0.29, 0.717) is 18.3 Å². The number of amidine groups is 1. The number of nitrogens with two attached hydrogens (primary N) is 1. The Morgan fingerprint density at radius 2 is 1.59 bits per heavy atom. The van der Waals surface area contributed by atoms with E-state index >= 15 is 0 Å². The van der Waals surface area contributed by atoms with Gasteiger partial charge in [0.05, 0.1) is 19.4 Å². The largest absolute Gasteiger partial charge is 0.497 e. The molecule has 1 aliphatic rings. The second-order valence-corrected chi connectivity index (χ2v) is 5.82. The number of carbonyl (C=O) groups is 2. The zero-order valence-corrected chi connectivity index (χ0v) is 17.9. The Morgan fingerprint density at radius 3 is 2.00 bits per heavy atom. The number of ether oxygens (including phenoxy) is 2. The molecular formula is C20H34N4O5. The van der Waals surface area contributed by atoms with E-state index in [9.17, 15) is 0 Å². The van der Waals surface area contributed by atoms with Gasteiger partial charge in [-0.1, -0.05) is 24.3 Å². The third kappa shape index (κ3) is 13.1. The van der Waals surface area contributed by atoms with E-state index in [4.69, 9.17) is 29.8 Å². The predicted octanol–water partition coefficient (Wildman–Crippen LogP) is 1.27.